The molecule has 140 valence electrons. The van der Waals surface area contributed by atoms with Crippen molar-refractivity contribution >= 4 is 11.6 Å². The minimum atomic E-state index is -0.813. The van der Waals surface area contributed by atoms with Gasteiger partial charge in [-0.1, -0.05) is 0 Å². The molecule has 8 nitrogen and oxygen atoms in total. The molecule has 1 saturated carbocycles. The van der Waals surface area contributed by atoms with Crippen LogP contribution < -0.4 is 10.1 Å². The number of rotatable bonds is 6. The molecule has 0 saturated heterocycles. The van der Waals surface area contributed by atoms with Crippen molar-refractivity contribution in [3.05, 3.63) is 35.3 Å². The van der Waals surface area contributed by atoms with Gasteiger partial charge in [-0.3, -0.25) is 4.85 Å². The second kappa shape index (κ2) is 7.20. The van der Waals surface area contributed by atoms with Gasteiger partial charge in [-0.25, -0.2) is 11.6 Å². The third-order valence-electron chi connectivity index (χ3n) is 4.57. The summed E-state index contributed by atoms with van der Waals surface area (Å²) >= 11 is 0. The summed E-state index contributed by atoms with van der Waals surface area (Å²) in [7, 11) is 0. The van der Waals surface area contributed by atoms with E-state index in [1.54, 1.807) is 31.6 Å². The van der Waals surface area contributed by atoms with Gasteiger partial charge in [0, 0.05) is 19.8 Å². The van der Waals surface area contributed by atoms with Gasteiger partial charge in [0.2, 0.25) is 11.8 Å². The first-order valence-electron chi connectivity index (χ1n) is 8.59. The summed E-state index contributed by atoms with van der Waals surface area (Å²) in [4.78, 5) is 11.6. The van der Waals surface area contributed by atoms with E-state index in [4.69, 9.17) is 16.6 Å². The Balaban J connectivity index is 1.70. The monoisotopic (exact) mass is 369 g/mol. The van der Waals surface area contributed by atoms with Gasteiger partial charge in [0.1, 0.15) is 0 Å². The van der Waals surface area contributed by atoms with Crippen LogP contribution in [0, 0.1) is 42.5 Å². The fourth-order valence-corrected chi connectivity index (χ4v) is 2.72. The van der Waals surface area contributed by atoms with E-state index in [0.29, 0.717) is 18.0 Å². The first-order chi connectivity index (χ1) is 12.8. The molecule has 0 amide bonds. The van der Waals surface area contributed by atoms with Gasteiger partial charge in [0.15, 0.2) is 0 Å². The van der Waals surface area contributed by atoms with E-state index in [-0.39, 0.29) is 23.7 Å². The van der Waals surface area contributed by atoms with E-state index in [9.17, 15) is 4.39 Å². The normalized spacial score (nSPS) is 18.9. The number of anilines is 2. The highest BCUT2D eigenvalue weighted by Gasteiger charge is 2.30. The minimum Gasteiger partial charge on any atom is -0.475 e. The molecule has 1 aliphatic carbocycles. The first kappa shape index (κ1) is 18.6. The summed E-state index contributed by atoms with van der Waals surface area (Å²) in [6.45, 7) is 12.9. The molecule has 1 fully saturated rings. The molecular weight excluding hydrogens is 349 g/mol. The summed E-state index contributed by atoms with van der Waals surface area (Å²) in [5, 5.41) is 16.1. The predicted octanol–water partition coefficient (Wildman–Crippen LogP) is 3.40. The molecule has 0 bridgehead atoms. The molecule has 1 aliphatic rings. The molecule has 2 aromatic rings. The number of aromatic nitrogens is 4. The number of hydrogen-bond donors (Lipinski definition) is 1. The Kier molecular flexibility index (Phi) is 4.95. The van der Waals surface area contributed by atoms with Crippen LogP contribution in [0.15, 0.2) is 12.4 Å². The zero-order valence-electron chi connectivity index (χ0n) is 15.4. The van der Waals surface area contributed by atoms with Crippen molar-refractivity contribution in [2.24, 2.45) is 11.8 Å². The number of nitriles is 1. The summed E-state index contributed by atoms with van der Waals surface area (Å²) in [6.07, 6.45) is 4.27. The van der Waals surface area contributed by atoms with E-state index in [2.05, 4.69) is 31.3 Å². The molecule has 2 heterocycles. The van der Waals surface area contributed by atoms with E-state index >= 15 is 0 Å². The van der Waals surface area contributed by atoms with E-state index in [1.807, 2.05) is 0 Å². The lowest BCUT2D eigenvalue weighted by atomic mass is 9.76. The Morgan fingerprint density at radius 3 is 2.93 bits per heavy atom. The van der Waals surface area contributed by atoms with Gasteiger partial charge in [-0.15, -0.1) is 0 Å². The third-order valence-corrected chi connectivity index (χ3v) is 4.57. The Hall–Kier alpha value is -3.20. The molecule has 0 spiro atoms. The van der Waals surface area contributed by atoms with E-state index in [1.165, 1.54) is 0 Å². The van der Waals surface area contributed by atoms with Crippen LogP contribution in [-0.4, -0.2) is 26.4 Å². The molecule has 0 aliphatic heterocycles. The number of halogens is 1. The smallest absolute Gasteiger partial charge is 0.319 e. The molecule has 1 N–H and O–H groups in total. The minimum absolute atomic E-state index is 0.0743. The van der Waals surface area contributed by atoms with Crippen molar-refractivity contribution in [3.8, 4) is 11.9 Å². The molecule has 0 atom stereocenters. The highest BCUT2D eigenvalue weighted by atomic mass is 19.1. The lowest BCUT2D eigenvalue weighted by molar-refractivity contribution is 0.140. The van der Waals surface area contributed by atoms with Crippen LogP contribution >= 0.6 is 0 Å². The number of aryl methyl sites for hydroxylation is 1. The van der Waals surface area contributed by atoms with Crippen LogP contribution in [0.5, 0.6) is 5.88 Å². The predicted molar refractivity (Wildman–Crippen MR) is 95.5 cm³/mol. The van der Waals surface area contributed by atoms with Crippen LogP contribution in [0.1, 0.15) is 32.4 Å². The van der Waals surface area contributed by atoms with Gasteiger partial charge in [0.25, 0.3) is 5.88 Å². The summed E-state index contributed by atoms with van der Waals surface area (Å²) in [5.74, 6) is -0.266. The van der Waals surface area contributed by atoms with Gasteiger partial charge >= 0.3 is 5.66 Å². The van der Waals surface area contributed by atoms with Gasteiger partial charge in [0.05, 0.1) is 36.5 Å². The molecule has 9 heteroatoms. The molecule has 27 heavy (non-hydrogen) atoms. The number of nitrogens with zero attached hydrogens (tertiary/aromatic N) is 6. The van der Waals surface area contributed by atoms with Crippen molar-refractivity contribution in [2.45, 2.75) is 39.3 Å². The highest BCUT2D eigenvalue weighted by Crippen LogP contribution is 2.33. The lowest BCUT2D eigenvalue weighted by Gasteiger charge is -2.29. The molecule has 0 unspecified atom stereocenters. The third kappa shape index (κ3) is 3.98. The maximum absolute atomic E-state index is 13.9. The summed E-state index contributed by atoms with van der Waals surface area (Å²) < 4.78 is 21.0. The second-order valence-corrected chi connectivity index (χ2v) is 7.13. The van der Waals surface area contributed by atoms with Crippen LogP contribution in [0.2, 0.25) is 0 Å². The zero-order valence-corrected chi connectivity index (χ0v) is 15.4. The van der Waals surface area contributed by atoms with Crippen molar-refractivity contribution in [1.29, 1.82) is 5.26 Å². The highest BCUT2D eigenvalue weighted by molar-refractivity contribution is 5.55. The van der Waals surface area contributed by atoms with E-state index in [0.717, 1.165) is 19.0 Å². The maximum Gasteiger partial charge on any atom is 0.319 e. The van der Waals surface area contributed by atoms with E-state index < -0.39 is 11.5 Å². The van der Waals surface area contributed by atoms with Crippen LogP contribution in [0.4, 0.5) is 16.0 Å². The quantitative estimate of drug-likeness (QED) is 0.785. The van der Waals surface area contributed by atoms with Gasteiger partial charge < -0.3 is 10.1 Å². The number of ether oxygens (including phenoxy) is 1. The largest absolute Gasteiger partial charge is 0.475 e. The SMILES string of the molecule is [C-]#[N+]C(C)(C)n1cc(Nc2ncc(F)c(OCC3CC(C#N)C3)n2)c(C)n1. The standard InChI is InChI=1S/C18H20FN7O/c1-11-15(9-26(25-11)18(2,3)21-4)23-17-22-8-14(19)16(24-17)27-10-13-5-12(6-13)7-20/h8-9,12-13H,5-6,10H2,1-3H3,(H,22,23,24). The fourth-order valence-electron chi connectivity index (χ4n) is 2.72. The lowest BCUT2D eigenvalue weighted by Crippen LogP contribution is -2.28. The Bertz CT molecular complexity index is 919. The maximum atomic E-state index is 13.9. The first-order valence-corrected chi connectivity index (χ1v) is 8.59. The molecule has 2 aromatic heterocycles. The van der Waals surface area contributed by atoms with Gasteiger partial charge in [-0.05, 0) is 25.7 Å². The summed E-state index contributed by atoms with van der Waals surface area (Å²) in [6, 6.07) is 2.21. The second-order valence-electron chi connectivity index (χ2n) is 7.13. The molecule has 3 rings (SSSR count). The number of nitrogens with one attached hydrogen (secondary N) is 1. The van der Waals surface area contributed by atoms with Crippen molar-refractivity contribution < 1.29 is 9.13 Å². The average Bonchev–Trinajstić information content (AvgIpc) is 2.98. The van der Waals surface area contributed by atoms with Crippen LogP contribution in [-0.2, 0) is 5.66 Å². The molecule has 0 radical (unpaired) electrons. The number of hydrogen-bond acceptors (Lipinski definition) is 6. The Labute approximate surface area is 156 Å². The van der Waals surface area contributed by atoms with Crippen molar-refractivity contribution in [2.75, 3.05) is 11.9 Å². The topological polar surface area (TPSA) is 93.0 Å². The van der Waals surface area contributed by atoms with Crippen LogP contribution in [0.25, 0.3) is 4.85 Å². The van der Waals surface area contributed by atoms with Crippen molar-refractivity contribution in [1.82, 2.24) is 19.7 Å². The molecule has 0 aromatic carbocycles. The fraction of sp³-hybridized carbons (Fsp3) is 0.500. The zero-order chi connectivity index (χ0) is 19.6. The van der Waals surface area contributed by atoms with Gasteiger partial charge in [-0.2, -0.15) is 24.4 Å². The van der Waals surface area contributed by atoms with Crippen LogP contribution in [0.3, 0.4) is 0 Å². The summed E-state index contributed by atoms with van der Waals surface area (Å²) in [5.41, 5.74) is 0.478. The molecular formula is C18H20FN7O. The average molecular weight is 369 g/mol. The Morgan fingerprint density at radius 1 is 1.52 bits per heavy atom. The Morgan fingerprint density at radius 2 is 2.26 bits per heavy atom. The van der Waals surface area contributed by atoms with Crippen molar-refractivity contribution in [3.63, 3.8) is 0 Å².